The Balaban J connectivity index is 1.94. The molecule has 1 heterocycles. The SMILES string of the molecule is CNc1cccc(CN(C)C2CCOCC2)c1. The number of anilines is 1. The average molecular weight is 234 g/mol. The number of hydrogen-bond acceptors (Lipinski definition) is 3. The lowest BCUT2D eigenvalue weighted by atomic mass is 10.1. The van der Waals surface area contributed by atoms with Crippen LogP contribution < -0.4 is 5.32 Å². The molecule has 0 radical (unpaired) electrons. The highest BCUT2D eigenvalue weighted by Gasteiger charge is 2.18. The summed E-state index contributed by atoms with van der Waals surface area (Å²) in [5.74, 6) is 0. The van der Waals surface area contributed by atoms with Gasteiger partial charge in [-0.05, 0) is 37.6 Å². The summed E-state index contributed by atoms with van der Waals surface area (Å²) in [5, 5.41) is 3.18. The Morgan fingerprint density at radius 1 is 1.35 bits per heavy atom. The molecule has 0 aromatic heterocycles. The summed E-state index contributed by atoms with van der Waals surface area (Å²) in [7, 11) is 4.17. The maximum Gasteiger partial charge on any atom is 0.0480 e. The van der Waals surface area contributed by atoms with Gasteiger partial charge in [0.15, 0.2) is 0 Å². The average Bonchev–Trinajstić information content (AvgIpc) is 2.40. The maximum atomic E-state index is 5.40. The van der Waals surface area contributed by atoms with Crippen LogP contribution in [0.5, 0.6) is 0 Å². The molecule has 2 rings (SSSR count). The van der Waals surface area contributed by atoms with Gasteiger partial charge in [0.1, 0.15) is 0 Å². The van der Waals surface area contributed by atoms with E-state index in [0.717, 1.165) is 32.6 Å². The van der Waals surface area contributed by atoms with E-state index in [-0.39, 0.29) is 0 Å². The first-order valence-corrected chi connectivity index (χ1v) is 6.34. The summed E-state index contributed by atoms with van der Waals surface area (Å²) in [6.07, 6.45) is 2.31. The highest BCUT2D eigenvalue weighted by Crippen LogP contribution is 2.17. The molecule has 1 aromatic carbocycles. The Bertz CT molecular complexity index is 348. The summed E-state index contributed by atoms with van der Waals surface area (Å²) in [4.78, 5) is 2.44. The third-order valence-corrected chi connectivity index (χ3v) is 3.46. The smallest absolute Gasteiger partial charge is 0.0480 e. The molecular weight excluding hydrogens is 212 g/mol. The zero-order valence-corrected chi connectivity index (χ0v) is 10.8. The highest BCUT2D eigenvalue weighted by molar-refractivity contribution is 5.44. The Morgan fingerprint density at radius 2 is 2.12 bits per heavy atom. The maximum absolute atomic E-state index is 5.40. The van der Waals surface area contributed by atoms with Crippen LogP contribution in [0.15, 0.2) is 24.3 Å². The second kappa shape index (κ2) is 6.03. The minimum absolute atomic E-state index is 0.669. The summed E-state index contributed by atoms with van der Waals surface area (Å²) in [6, 6.07) is 9.28. The van der Waals surface area contributed by atoms with Gasteiger partial charge in [-0.25, -0.2) is 0 Å². The van der Waals surface area contributed by atoms with E-state index in [1.165, 1.54) is 11.3 Å². The molecular formula is C14H22N2O. The van der Waals surface area contributed by atoms with E-state index in [1.54, 1.807) is 0 Å². The first-order valence-electron chi connectivity index (χ1n) is 6.34. The molecule has 1 aromatic rings. The van der Waals surface area contributed by atoms with Gasteiger partial charge < -0.3 is 10.1 Å². The Hall–Kier alpha value is -1.06. The molecule has 0 saturated carbocycles. The second-order valence-corrected chi connectivity index (χ2v) is 4.71. The highest BCUT2D eigenvalue weighted by atomic mass is 16.5. The monoisotopic (exact) mass is 234 g/mol. The van der Waals surface area contributed by atoms with Crippen LogP contribution in [0.1, 0.15) is 18.4 Å². The minimum atomic E-state index is 0.669. The summed E-state index contributed by atoms with van der Waals surface area (Å²) in [6.45, 7) is 2.83. The van der Waals surface area contributed by atoms with Gasteiger partial charge >= 0.3 is 0 Å². The van der Waals surface area contributed by atoms with Crippen LogP contribution in [-0.4, -0.2) is 38.3 Å². The largest absolute Gasteiger partial charge is 0.388 e. The van der Waals surface area contributed by atoms with Crippen LogP contribution in [0, 0.1) is 0 Å². The lowest BCUT2D eigenvalue weighted by molar-refractivity contribution is 0.0407. The molecule has 0 atom stereocenters. The van der Waals surface area contributed by atoms with Gasteiger partial charge in [0.05, 0.1) is 0 Å². The van der Waals surface area contributed by atoms with Crippen LogP contribution in [0.3, 0.4) is 0 Å². The fraction of sp³-hybridized carbons (Fsp3) is 0.571. The van der Waals surface area contributed by atoms with Gasteiger partial charge in [-0.15, -0.1) is 0 Å². The molecule has 94 valence electrons. The summed E-state index contributed by atoms with van der Waals surface area (Å²) in [5.41, 5.74) is 2.55. The van der Waals surface area contributed by atoms with Crippen molar-refractivity contribution in [3.63, 3.8) is 0 Å². The number of rotatable bonds is 4. The second-order valence-electron chi connectivity index (χ2n) is 4.71. The van der Waals surface area contributed by atoms with Crippen LogP contribution in [-0.2, 0) is 11.3 Å². The number of nitrogens with zero attached hydrogens (tertiary/aromatic N) is 1. The van der Waals surface area contributed by atoms with E-state index in [0.29, 0.717) is 6.04 Å². The molecule has 1 aliphatic rings. The first-order chi connectivity index (χ1) is 8.29. The fourth-order valence-corrected chi connectivity index (χ4v) is 2.37. The predicted molar refractivity (Wildman–Crippen MR) is 71.3 cm³/mol. The van der Waals surface area contributed by atoms with E-state index in [4.69, 9.17) is 4.74 Å². The molecule has 0 aliphatic carbocycles. The lowest BCUT2D eigenvalue weighted by Crippen LogP contribution is -2.36. The van der Waals surface area contributed by atoms with Crippen molar-refractivity contribution in [3.8, 4) is 0 Å². The van der Waals surface area contributed by atoms with Crippen molar-refractivity contribution in [2.75, 3.05) is 32.6 Å². The van der Waals surface area contributed by atoms with Gasteiger partial charge in [-0.3, -0.25) is 4.90 Å². The molecule has 1 aliphatic heterocycles. The molecule has 1 N–H and O–H groups in total. The standard InChI is InChI=1S/C14H22N2O/c1-15-13-5-3-4-12(10-13)11-16(2)14-6-8-17-9-7-14/h3-5,10,14-15H,6-9,11H2,1-2H3. The van der Waals surface area contributed by atoms with Crippen molar-refractivity contribution in [2.45, 2.75) is 25.4 Å². The minimum Gasteiger partial charge on any atom is -0.388 e. The van der Waals surface area contributed by atoms with Crippen LogP contribution in [0.2, 0.25) is 0 Å². The lowest BCUT2D eigenvalue weighted by Gasteiger charge is -2.31. The molecule has 3 nitrogen and oxygen atoms in total. The topological polar surface area (TPSA) is 24.5 Å². The number of hydrogen-bond donors (Lipinski definition) is 1. The van der Waals surface area contributed by atoms with Crippen molar-refractivity contribution in [3.05, 3.63) is 29.8 Å². The van der Waals surface area contributed by atoms with Crippen molar-refractivity contribution < 1.29 is 4.74 Å². The summed E-state index contributed by atoms with van der Waals surface area (Å²) < 4.78 is 5.40. The Labute approximate surface area is 104 Å². The van der Waals surface area contributed by atoms with E-state index in [2.05, 4.69) is 41.5 Å². The summed E-state index contributed by atoms with van der Waals surface area (Å²) >= 11 is 0. The van der Waals surface area contributed by atoms with Crippen LogP contribution >= 0.6 is 0 Å². The zero-order valence-electron chi connectivity index (χ0n) is 10.8. The first kappa shape index (κ1) is 12.4. The van der Waals surface area contributed by atoms with Crippen LogP contribution in [0.25, 0.3) is 0 Å². The van der Waals surface area contributed by atoms with Crippen molar-refractivity contribution in [1.82, 2.24) is 4.90 Å². The number of benzene rings is 1. The molecule has 0 bridgehead atoms. The molecule has 1 fully saturated rings. The van der Waals surface area contributed by atoms with E-state index < -0.39 is 0 Å². The van der Waals surface area contributed by atoms with Gasteiger partial charge in [-0.1, -0.05) is 12.1 Å². The quantitative estimate of drug-likeness (QED) is 0.865. The van der Waals surface area contributed by atoms with Crippen molar-refractivity contribution >= 4 is 5.69 Å². The molecule has 1 saturated heterocycles. The molecule has 0 amide bonds. The fourth-order valence-electron chi connectivity index (χ4n) is 2.37. The van der Waals surface area contributed by atoms with Gasteiger partial charge in [-0.2, -0.15) is 0 Å². The van der Waals surface area contributed by atoms with E-state index >= 15 is 0 Å². The van der Waals surface area contributed by atoms with E-state index in [9.17, 15) is 0 Å². The number of nitrogens with one attached hydrogen (secondary N) is 1. The normalized spacial score (nSPS) is 17.4. The van der Waals surface area contributed by atoms with Crippen molar-refractivity contribution in [1.29, 1.82) is 0 Å². The number of ether oxygens (including phenoxy) is 1. The third-order valence-electron chi connectivity index (χ3n) is 3.46. The third kappa shape index (κ3) is 3.45. The molecule has 3 heteroatoms. The molecule has 0 unspecified atom stereocenters. The van der Waals surface area contributed by atoms with E-state index in [1.807, 2.05) is 7.05 Å². The molecule has 17 heavy (non-hydrogen) atoms. The van der Waals surface area contributed by atoms with Gasteiger partial charge in [0, 0.05) is 38.5 Å². The zero-order chi connectivity index (χ0) is 12.1. The van der Waals surface area contributed by atoms with Crippen molar-refractivity contribution in [2.24, 2.45) is 0 Å². The Morgan fingerprint density at radius 3 is 2.82 bits per heavy atom. The molecule has 0 spiro atoms. The van der Waals surface area contributed by atoms with Gasteiger partial charge in [0.25, 0.3) is 0 Å². The predicted octanol–water partition coefficient (Wildman–Crippen LogP) is 2.34. The Kier molecular flexibility index (Phi) is 4.40. The van der Waals surface area contributed by atoms with Gasteiger partial charge in [0.2, 0.25) is 0 Å². The van der Waals surface area contributed by atoms with Crippen LogP contribution in [0.4, 0.5) is 5.69 Å².